The maximum Gasteiger partial charge on any atom is 0.305 e. The molecule has 1 unspecified atom stereocenters. The maximum atomic E-state index is 11.3. The summed E-state index contributed by atoms with van der Waals surface area (Å²) in [4.78, 5) is 25.6. The lowest BCUT2D eigenvalue weighted by Gasteiger charge is -2.13. The second-order valence-corrected chi connectivity index (χ2v) is 3.50. The number of nitrogens with zero attached hydrogens (tertiary/aromatic N) is 3. The van der Waals surface area contributed by atoms with Crippen molar-refractivity contribution in [3.8, 4) is 0 Å². The van der Waals surface area contributed by atoms with Crippen molar-refractivity contribution in [2.75, 3.05) is 13.6 Å². The monoisotopic (exact) mass is 263 g/mol. The zero-order valence-corrected chi connectivity index (χ0v) is 10.5. The Bertz CT molecular complexity index is 319. The van der Waals surface area contributed by atoms with E-state index in [-0.39, 0.29) is 17.9 Å². The molecule has 0 aromatic heterocycles. The van der Waals surface area contributed by atoms with Crippen LogP contribution in [0.4, 0.5) is 0 Å². The summed E-state index contributed by atoms with van der Waals surface area (Å²) in [5.74, 6) is -1.48. The number of carbonyl (C=O) groups excluding carboxylic acids is 1. The van der Waals surface area contributed by atoms with Gasteiger partial charge in [0.25, 0.3) is 6.29 Å². The van der Waals surface area contributed by atoms with Crippen molar-refractivity contribution in [2.24, 2.45) is 5.28 Å². The van der Waals surface area contributed by atoms with E-state index < -0.39 is 18.2 Å². The van der Waals surface area contributed by atoms with Crippen LogP contribution in [0, 0.1) is 5.21 Å². The fourth-order valence-electron chi connectivity index (χ4n) is 0.969. The van der Waals surface area contributed by atoms with E-state index >= 15 is 0 Å². The first-order valence-electron chi connectivity index (χ1n) is 5.27. The van der Waals surface area contributed by atoms with Gasteiger partial charge in [-0.3, -0.25) is 14.4 Å². The van der Waals surface area contributed by atoms with E-state index in [9.17, 15) is 14.8 Å². The molecule has 0 radical (unpaired) electrons. The van der Waals surface area contributed by atoms with Crippen molar-refractivity contribution in [1.29, 1.82) is 0 Å². The van der Waals surface area contributed by atoms with E-state index in [0.29, 0.717) is 6.42 Å². The number of hydrogen-bond acceptors (Lipinski definition) is 6. The summed E-state index contributed by atoms with van der Waals surface area (Å²) in [5, 5.41) is 24.0. The van der Waals surface area contributed by atoms with Crippen molar-refractivity contribution in [3.05, 3.63) is 5.21 Å². The number of carbonyl (C=O) groups is 2. The van der Waals surface area contributed by atoms with Gasteiger partial charge in [-0.25, -0.2) is 0 Å². The van der Waals surface area contributed by atoms with E-state index in [1.807, 2.05) is 0 Å². The number of hydrogen-bond donors (Lipinski definition) is 1. The SMILES string of the molecule is CC(=O)OC(C)ON=[N+]([O-])N(C)CCCC(=O)O. The molecular formula is C9H17N3O6. The Labute approximate surface area is 104 Å². The van der Waals surface area contributed by atoms with Gasteiger partial charge in [0.05, 0.1) is 18.6 Å². The number of esters is 1. The van der Waals surface area contributed by atoms with Gasteiger partial charge >= 0.3 is 11.9 Å². The van der Waals surface area contributed by atoms with Crippen molar-refractivity contribution in [2.45, 2.75) is 33.0 Å². The van der Waals surface area contributed by atoms with Gasteiger partial charge in [0, 0.05) is 20.3 Å². The van der Waals surface area contributed by atoms with Gasteiger partial charge in [-0.2, -0.15) is 0 Å². The van der Waals surface area contributed by atoms with Crippen molar-refractivity contribution < 1.29 is 29.2 Å². The maximum absolute atomic E-state index is 11.3. The van der Waals surface area contributed by atoms with Crippen LogP contribution in [0.5, 0.6) is 0 Å². The van der Waals surface area contributed by atoms with Crippen molar-refractivity contribution in [3.63, 3.8) is 0 Å². The lowest BCUT2D eigenvalue weighted by molar-refractivity contribution is -0.707. The Hall–Kier alpha value is -2.06. The summed E-state index contributed by atoms with van der Waals surface area (Å²) in [7, 11) is 1.43. The third-order valence-corrected chi connectivity index (χ3v) is 1.76. The lowest BCUT2D eigenvalue weighted by Crippen LogP contribution is -2.28. The average Bonchev–Trinajstić information content (AvgIpc) is 2.24. The van der Waals surface area contributed by atoms with E-state index in [1.54, 1.807) is 0 Å². The molecule has 0 spiro atoms. The van der Waals surface area contributed by atoms with Crippen LogP contribution in [0.3, 0.4) is 0 Å². The third-order valence-electron chi connectivity index (χ3n) is 1.76. The minimum absolute atomic E-state index is 0.0388. The highest BCUT2D eigenvalue weighted by atomic mass is 16.8. The zero-order valence-electron chi connectivity index (χ0n) is 10.5. The van der Waals surface area contributed by atoms with Gasteiger partial charge in [-0.15, -0.1) is 5.01 Å². The largest absolute Gasteiger partial charge is 0.569 e. The summed E-state index contributed by atoms with van der Waals surface area (Å²) in [6, 6.07) is 0. The topological polar surface area (TPSA) is 114 Å². The molecule has 0 saturated heterocycles. The Kier molecular flexibility index (Phi) is 7.17. The van der Waals surface area contributed by atoms with Gasteiger partial charge in [-0.05, 0) is 6.42 Å². The van der Waals surface area contributed by atoms with Crippen LogP contribution in [0.25, 0.3) is 0 Å². The molecule has 0 aromatic rings. The van der Waals surface area contributed by atoms with Crippen LogP contribution in [-0.4, -0.2) is 46.9 Å². The molecule has 0 aliphatic carbocycles. The minimum Gasteiger partial charge on any atom is -0.569 e. The van der Waals surface area contributed by atoms with Gasteiger partial charge in [0.2, 0.25) is 5.28 Å². The van der Waals surface area contributed by atoms with Crippen LogP contribution in [0.2, 0.25) is 0 Å². The first-order chi connectivity index (χ1) is 8.32. The molecule has 0 aliphatic heterocycles. The first kappa shape index (κ1) is 15.9. The number of hydrazine groups is 1. The fourth-order valence-corrected chi connectivity index (χ4v) is 0.969. The van der Waals surface area contributed by atoms with Crippen LogP contribution in [-0.2, 0) is 19.2 Å². The second-order valence-electron chi connectivity index (χ2n) is 3.50. The highest BCUT2D eigenvalue weighted by Crippen LogP contribution is 1.98. The summed E-state index contributed by atoms with van der Waals surface area (Å²) >= 11 is 0. The number of aliphatic carboxylic acids is 1. The Morgan fingerprint density at radius 2 is 2.17 bits per heavy atom. The minimum atomic E-state index is -0.966. The number of carboxylic acid groups (broad SMARTS) is 1. The Morgan fingerprint density at radius 3 is 2.67 bits per heavy atom. The van der Waals surface area contributed by atoms with E-state index in [1.165, 1.54) is 20.9 Å². The normalized spacial score (nSPS) is 12.7. The molecule has 9 nitrogen and oxygen atoms in total. The molecule has 0 heterocycles. The van der Waals surface area contributed by atoms with Crippen LogP contribution in [0.1, 0.15) is 26.7 Å². The van der Waals surface area contributed by atoms with E-state index in [4.69, 9.17) is 5.11 Å². The molecule has 0 bridgehead atoms. The molecule has 0 aliphatic rings. The quantitative estimate of drug-likeness (QED) is 0.223. The van der Waals surface area contributed by atoms with E-state index in [2.05, 4.69) is 14.9 Å². The number of ether oxygens (including phenoxy) is 1. The zero-order chi connectivity index (χ0) is 14.1. The Morgan fingerprint density at radius 1 is 1.56 bits per heavy atom. The smallest absolute Gasteiger partial charge is 0.305 e. The summed E-state index contributed by atoms with van der Waals surface area (Å²) in [6.07, 6.45) is -0.700. The third kappa shape index (κ3) is 8.13. The summed E-state index contributed by atoms with van der Waals surface area (Å²) in [6.45, 7) is 2.82. The Balaban J connectivity index is 3.99. The fraction of sp³-hybridized carbons (Fsp3) is 0.778. The van der Waals surface area contributed by atoms with Gasteiger partial charge in [0.1, 0.15) is 0 Å². The predicted octanol–water partition coefficient (Wildman–Crippen LogP) is 0.501. The first-order valence-corrected chi connectivity index (χ1v) is 5.27. The number of carboxylic acids is 1. The molecule has 0 fully saturated rings. The highest BCUT2D eigenvalue weighted by molar-refractivity contribution is 5.66. The number of rotatable bonds is 8. The van der Waals surface area contributed by atoms with Gasteiger partial charge < -0.3 is 15.1 Å². The molecule has 0 aromatic carbocycles. The molecule has 1 N–H and O–H groups in total. The van der Waals surface area contributed by atoms with Crippen molar-refractivity contribution >= 4 is 11.9 Å². The van der Waals surface area contributed by atoms with Crippen LogP contribution in [0.15, 0.2) is 5.28 Å². The molecule has 0 rings (SSSR count). The summed E-state index contributed by atoms with van der Waals surface area (Å²) < 4.78 is 4.58. The molecule has 0 saturated carbocycles. The van der Waals surface area contributed by atoms with Crippen LogP contribution < -0.4 is 0 Å². The molecule has 9 heteroatoms. The highest BCUT2D eigenvalue weighted by Gasteiger charge is 2.11. The lowest BCUT2D eigenvalue weighted by atomic mass is 10.3. The van der Waals surface area contributed by atoms with Gasteiger partial charge in [0.15, 0.2) is 0 Å². The second kappa shape index (κ2) is 8.09. The van der Waals surface area contributed by atoms with Crippen molar-refractivity contribution in [1.82, 2.24) is 5.01 Å². The standard InChI is InChI=1S/C9H17N3O6/c1-7(13)17-8(2)18-10-12(16)11(3)6-4-5-9(14)15/h8H,4-6H2,1-3H3,(H,14,15). The average molecular weight is 263 g/mol. The van der Waals surface area contributed by atoms with E-state index in [0.717, 1.165) is 5.01 Å². The molecule has 18 heavy (non-hydrogen) atoms. The molecule has 1 atom stereocenters. The molecular weight excluding hydrogens is 246 g/mol. The van der Waals surface area contributed by atoms with Gasteiger partial charge in [-0.1, -0.05) is 0 Å². The predicted molar refractivity (Wildman–Crippen MR) is 57.9 cm³/mol. The summed E-state index contributed by atoms with van der Waals surface area (Å²) in [5.41, 5.74) is 0. The van der Waals surface area contributed by atoms with Crippen LogP contribution >= 0.6 is 0 Å². The molecule has 104 valence electrons. The molecule has 0 amide bonds.